The first-order valence-corrected chi connectivity index (χ1v) is 3.96. The van der Waals surface area contributed by atoms with Crippen molar-refractivity contribution in [1.29, 1.82) is 0 Å². The molecular weight excluding hydrogens is 148 g/mol. The second kappa shape index (κ2) is 3.22. The molecule has 2 heteroatoms. The van der Waals surface area contributed by atoms with E-state index in [9.17, 15) is 0 Å². The first-order valence-electron chi connectivity index (χ1n) is 3.96. The van der Waals surface area contributed by atoms with Gasteiger partial charge in [-0.15, -0.1) is 0 Å². The minimum Gasteiger partial charge on any atom is -0.386 e. The Morgan fingerprint density at radius 1 is 1.25 bits per heavy atom. The lowest BCUT2D eigenvalue weighted by Gasteiger charge is -2.06. The number of rotatable bonds is 0. The zero-order chi connectivity index (χ0) is 8.23. The van der Waals surface area contributed by atoms with Crippen molar-refractivity contribution in [1.82, 2.24) is 5.32 Å². The fraction of sp³-hybridized carbons (Fsp3) is 0.100. The molecule has 2 nitrogen and oxygen atoms in total. The quantitative estimate of drug-likeness (QED) is 0.610. The van der Waals surface area contributed by atoms with Gasteiger partial charge in [0.25, 0.3) is 0 Å². The highest BCUT2D eigenvalue weighted by Gasteiger charge is 1.97. The lowest BCUT2D eigenvalue weighted by Crippen LogP contribution is -2.07. The van der Waals surface area contributed by atoms with Gasteiger partial charge in [-0.3, -0.25) is 4.99 Å². The van der Waals surface area contributed by atoms with Crippen molar-refractivity contribution in [3.05, 3.63) is 47.8 Å². The molecule has 1 N–H and O–H groups in total. The largest absolute Gasteiger partial charge is 0.386 e. The van der Waals surface area contributed by atoms with Gasteiger partial charge in [-0.05, 0) is 11.1 Å². The maximum Gasteiger partial charge on any atom is 0.0425 e. The van der Waals surface area contributed by atoms with Gasteiger partial charge in [-0.2, -0.15) is 0 Å². The van der Waals surface area contributed by atoms with Gasteiger partial charge < -0.3 is 5.32 Å². The fourth-order valence-corrected chi connectivity index (χ4v) is 1.21. The van der Waals surface area contributed by atoms with Gasteiger partial charge in [0.1, 0.15) is 0 Å². The standard InChI is InChI=1S/C10H10N2/c1-2-4-10-8-12-6-5-11-7-9(10)3-1/h1-7,12H,8H2. The van der Waals surface area contributed by atoms with E-state index in [-0.39, 0.29) is 0 Å². The van der Waals surface area contributed by atoms with E-state index in [4.69, 9.17) is 0 Å². The Balaban J connectivity index is 2.43. The van der Waals surface area contributed by atoms with Crippen LogP contribution in [0.3, 0.4) is 0 Å². The number of nitrogens with zero attached hydrogens (tertiary/aromatic N) is 1. The van der Waals surface area contributed by atoms with E-state index in [1.165, 1.54) is 11.1 Å². The van der Waals surface area contributed by atoms with Gasteiger partial charge in [0.05, 0.1) is 0 Å². The first kappa shape index (κ1) is 7.10. The summed E-state index contributed by atoms with van der Waals surface area (Å²) in [7, 11) is 0. The number of hydrogen-bond donors (Lipinski definition) is 1. The third kappa shape index (κ3) is 1.37. The molecule has 1 aliphatic heterocycles. The van der Waals surface area contributed by atoms with Gasteiger partial charge in [-0.25, -0.2) is 0 Å². The van der Waals surface area contributed by atoms with Crippen LogP contribution >= 0.6 is 0 Å². The van der Waals surface area contributed by atoms with Gasteiger partial charge in [-0.1, -0.05) is 24.3 Å². The van der Waals surface area contributed by atoms with Crippen LogP contribution in [0.2, 0.25) is 0 Å². The van der Waals surface area contributed by atoms with Crippen molar-refractivity contribution in [2.45, 2.75) is 6.54 Å². The smallest absolute Gasteiger partial charge is 0.0425 e. The van der Waals surface area contributed by atoms with Crippen LogP contribution in [-0.4, -0.2) is 6.21 Å². The Kier molecular flexibility index (Phi) is 1.90. The molecule has 2 rings (SSSR count). The molecule has 1 heterocycles. The molecule has 1 aliphatic rings. The summed E-state index contributed by atoms with van der Waals surface area (Å²) in [5, 5.41) is 3.15. The zero-order valence-electron chi connectivity index (χ0n) is 6.70. The van der Waals surface area contributed by atoms with Crippen LogP contribution in [0.25, 0.3) is 0 Å². The molecule has 1 aromatic carbocycles. The number of fused-ring (bicyclic) bond motifs is 1. The summed E-state index contributed by atoms with van der Waals surface area (Å²) in [6, 6.07) is 8.24. The number of aliphatic imine (C=N–C) groups is 1. The highest BCUT2D eigenvalue weighted by molar-refractivity contribution is 5.82. The van der Waals surface area contributed by atoms with Gasteiger partial charge in [0.15, 0.2) is 0 Å². The molecular formula is C10H10N2. The summed E-state index contributed by atoms with van der Waals surface area (Å²) in [5.74, 6) is 0. The third-order valence-electron chi connectivity index (χ3n) is 1.84. The number of hydrogen-bond acceptors (Lipinski definition) is 2. The Hall–Kier alpha value is -1.57. The van der Waals surface area contributed by atoms with Gasteiger partial charge >= 0.3 is 0 Å². The zero-order valence-corrected chi connectivity index (χ0v) is 6.70. The van der Waals surface area contributed by atoms with Crippen molar-refractivity contribution in [3.63, 3.8) is 0 Å². The monoisotopic (exact) mass is 158 g/mol. The predicted molar refractivity (Wildman–Crippen MR) is 50.0 cm³/mol. The van der Waals surface area contributed by atoms with E-state index in [1.807, 2.05) is 24.5 Å². The van der Waals surface area contributed by atoms with Crippen molar-refractivity contribution < 1.29 is 0 Å². The molecule has 12 heavy (non-hydrogen) atoms. The molecule has 0 aliphatic carbocycles. The molecule has 0 saturated carbocycles. The molecule has 0 bridgehead atoms. The Morgan fingerprint density at radius 2 is 2.17 bits per heavy atom. The summed E-state index contributed by atoms with van der Waals surface area (Å²) in [4.78, 5) is 4.10. The summed E-state index contributed by atoms with van der Waals surface area (Å²) < 4.78 is 0. The Morgan fingerprint density at radius 3 is 3.17 bits per heavy atom. The number of nitrogens with one attached hydrogen (secondary N) is 1. The van der Waals surface area contributed by atoms with Crippen LogP contribution in [0.5, 0.6) is 0 Å². The molecule has 0 radical (unpaired) electrons. The second-order valence-corrected chi connectivity index (χ2v) is 2.67. The third-order valence-corrected chi connectivity index (χ3v) is 1.84. The predicted octanol–water partition coefficient (Wildman–Crippen LogP) is 1.68. The van der Waals surface area contributed by atoms with Crippen molar-refractivity contribution >= 4 is 6.21 Å². The van der Waals surface area contributed by atoms with E-state index in [0.717, 1.165) is 6.54 Å². The normalized spacial score (nSPS) is 14.3. The van der Waals surface area contributed by atoms with Crippen molar-refractivity contribution in [3.8, 4) is 0 Å². The maximum absolute atomic E-state index is 4.10. The van der Waals surface area contributed by atoms with E-state index >= 15 is 0 Å². The molecule has 0 unspecified atom stereocenters. The van der Waals surface area contributed by atoms with Crippen molar-refractivity contribution in [2.75, 3.05) is 0 Å². The second-order valence-electron chi connectivity index (χ2n) is 2.67. The lowest BCUT2D eigenvalue weighted by molar-refractivity contribution is 0.863. The average molecular weight is 158 g/mol. The molecule has 0 fully saturated rings. The lowest BCUT2D eigenvalue weighted by atomic mass is 10.1. The molecule has 60 valence electrons. The Labute approximate surface area is 71.6 Å². The van der Waals surface area contributed by atoms with E-state index in [1.54, 1.807) is 6.20 Å². The first-order chi connectivity index (χ1) is 5.97. The maximum atomic E-state index is 4.10. The molecule has 0 amide bonds. The van der Waals surface area contributed by atoms with E-state index < -0.39 is 0 Å². The minimum absolute atomic E-state index is 0.874. The SMILES string of the molecule is C1=CNCc2ccccc2C=N1. The van der Waals surface area contributed by atoms with Crippen LogP contribution in [-0.2, 0) is 6.54 Å². The molecule has 0 atom stereocenters. The fourth-order valence-electron chi connectivity index (χ4n) is 1.21. The summed E-state index contributed by atoms with van der Waals surface area (Å²) in [5.41, 5.74) is 2.47. The van der Waals surface area contributed by atoms with E-state index in [2.05, 4.69) is 22.4 Å². The highest BCUT2D eigenvalue weighted by atomic mass is 14.9. The average Bonchev–Trinajstić information content (AvgIpc) is 2.06. The summed E-state index contributed by atoms with van der Waals surface area (Å²) >= 11 is 0. The summed E-state index contributed by atoms with van der Waals surface area (Å²) in [6.45, 7) is 0.874. The minimum atomic E-state index is 0.874. The Bertz CT molecular complexity index is 326. The molecule has 1 aromatic rings. The molecule has 0 saturated heterocycles. The van der Waals surface area contributed by atoms with Crippen molar-refractivity contribution in [2.24, 2.45) is 4.99 Å². The number of benzene rings is 1. The molecule has 0 spiro atoms. The van der Waals surface area contributed by atoms with Crippen LogP contribution < -0.4 is 5.32 Å². The highest BCUT2D eigenvalue weighted by Crippen LogP contribution is 2.06. The van der Waals surface area contributed by atoms with Crippen LogP contribution in [0.4, 0.5) is 0 Å². The topological polar surface area (TPSA) is 24.4 Å². The van der Waals surface area contributed by atoms with Gasteiger partial charge in [0, 0.05) is 25.2 Å². The molecule has 0 aromatic heterocycles. The van der Waals surface area contributed by atoms with Crippen LogP contribution in [0.15, 0.2) is 41.7 Å². The summed E-state index contributed by atoms with van der Waals surface area (Å²) in [6.07, 6.45) is 5.50. The van der Waals surface area contributed by atoms with Gasteiger partial charge in [0.2, 0.25) is 0 Å². The van der Waals surface area contributed by atoms with Crippen LogP contribution in [0.1, 0.15) is 11.1 Å². The van der Waals surface area contributed by atoms with Crippen LogP contribution in [0, 0.1) is 0 Å². The van der Waals surface area contributed by atoms with E-state index in [0.29, 0.717) is 0 Å².